The molecule has 2 fully saturated rings. The van der Waals surface area contributed by atoms with Crippen LogP contribution in [-0.4, -0.2) is 55.2 Å². The van der Waals surface area contributed by atoms with Gasteiger partial charge in [-0.2, -0.15) is 0 Å². The number of piperidine rings is 1. The van der Waals surface area contributed by atoms with E-state index in [0.29, 0.717) is 36.7 Å². The van der Waals surface area contributed by atoms with E-state index in [0.717, 1.165) is 10.4 Å². The second-order valence-corrected chi connectivity index (χ2v) is 11.0. The van der Waals surface area contributed by atoms with E-state index in [4.69, 9.17) is 0 Å². The Balaban J connectivity index is 1.34. The molecule has 0 spiro atoms. The van der Waals surface area contributed by atoms with Crippen LogP contribution in [0.5, 0.6) is 0 Å². The summed E-state index contributed by atoms with van der Waals surface area (Å²) in [6.45, 7) is 3.34. The predicted molar refractivity (Wildman–Crippen MR) is 114 cm³/mol. The zero-order valence-electron chi connectivity index (χ0n) is 16.8. The van der Waals surface area contributed by atoms with E-state index in [1.54, 1.807) is 12.1 Å². The molecule has 7 nitrogen and oxygen atoms in total. The van der Waals surface area contributed by atoms with Gasteiger partial charge in [-0.25, -0.2) is 13.1 Å². The number of benzene rings is 1. The minimum absolute atomic E-state index is 0.148. The molecule has 2 aliphatic heterocycles. The molecule has 1 atom stereocenters. The summed E-state index contributed by atoms with van der Waals surface area (Å²) in [5.41, 5.74) is 0.928. The van der Waals surface area contributed by atoms with Crippen LogP contribution in [0.1, 0.15) is 29.7 Å². The lowest BCUT2D eigenvalue weighted by Crippen LogP contribution is -2.50. The highest BCUT2D eigenvalue weighted by Crippen LogP contribution is 2.26. The SMILES string of the molecule is Cc1ccc(S(=O)(=O)NC2CCN([C@H]3CC(=O)N(Cc4ccccc4)C3=O)CC2)s1. The summed E-state index contributed by atoms with van der Waals surface area (Å²) >= 11 is 1.26. The molecule has 0 bridgehead atoms. The van der Waals surface area contributed by atoms with Crippen LogP contribution >= 0.6 is 11.3 Å². The number of likely N-dealkylation sites (tertiary alicyclic amines) is 2. The molecule has 160 valence electrons. The maximum atomic E-state index is 12.9. The van der Waals surface area contributed by atoms with Crippen LogP contribution < -0.4 is 4.72 Å². The average Bonchev–Trinajstić information content (AvgIpc) is 3.28. The Bertz CT molecular complexity index is 1030. The second-order valence-electron chi connectivity index (χ2n) is 7.82. The van der Waals surface area contributed by atoms with Gasteiger partial charge in [-0.15, -0.1) is 11.3 Å². The lowest BCUT2D eigenvalue weighted by Gasteiger charge is -2.34. The molecule has 30 heavy (non-hydrogen) atoms. The second kappa shape index (κ2) is 8.58. The van der Waals surface area contributed by atoms with Crippen molar-refractivity contribution < 1.29 is 18.0 Å². The number of hydrogen-bond donors (Lipinski definition) is 1. The average molecular weight is 448 g/mol. The summed E-state index contributed by atoms with van der Waals surface area (Å²) in [7, 11) is -3.52. The summed E-state index contributed by atoms with van der Waals surface area (Å²) in [5.74, 6) is -0.304. The van der Waals surface area contributed by atoms with Gasteiger partial charge in [0.25, 0.3) is 0 Å². The first-order chi connectivity index (χ1) is 14.3. The standard InChI is InChI=1S/C21H25N3O4S2/c1-15-7-8-20(29-15)30(27,28)22-17-9-11-23(12-10-17)18-13-19(25)24(21(18)26)14-16-5-3-2-4-6-16/h2-8,17-18,22H,9-14H2,1H3/t18-/m0/s1. The first-order valence-corrected chi connectivity index (χ1v) is 12.3. The number of hydrogen-bond acceptors (Lipinski definition) is 6. The van der Waals surface area contributed by atoms with Gasteiger partial charge in [0.1, 0.15) is 4.21 Å². The maximum absolute atomic E-state index is 12.9. The van der Waals surface area contributed by atoms with Gasteiger partial charge in [0.15, 0.2) is 0 Å². The van der Waals surface area contributed by atoms with Crippen LogP contribution in [-0.2, 0) is 26.2 Å². The first-order valence-electron chi connectivity index (χ1n) is 10.0. The molecule has 2 aromatic rings. The van der Waals surface area contributed by atoms with Gasteiger partial charge in [0, 0.05) is 24.0 Å². The summed E-state index contributed by atoms with van der Waals surface area (Å²) in [6.07, 6.45) is 1.41. The third-order valence-electron chi connectivity index (χ3n) is 5.68. The molecule has 2 amide bonds. The Kier molecular flexibility index (Phi) is 6.06. The number of carbonyl (C=O) groups is 2. The number of sulfonamides is 1. The van der Waals surface area contributed by atoms with Gasteiger partial charge in [-0.05, 0) is 37.5 Å². The van der Waals surface area contributed by atoms with Gasteiger partial charge < -0.3 is 0 Å². The van der Waals surface area contributed by atoms with E-state index in [1.165, 1.54) is 16.2 Å². The largest absolute Gasteiger partial charge is 0.291 e. The van der Waals surface area contributed by atoms with E-state index < -0.39 is 16.1 Å². The minimum atomic E-state index is -3.52. The van der Waals surface area contributed by atoms with E-state index in [2.05, 4.69) is 4.72 Å². The van der Waals surface area contributed by atoms with Crippen molar-refractivity contribution in [2.24, 2.45) is 0 Å². The fourth-order valence-corrected chi connectivity index (χ4v) is 6.65. The zero-order chi connectivity index (χ0) is 21.3. The smallest absolute Gasteiger partial charge is 0.250 e. The van der Waals surface area contributed by atoms with Crippen molar-refractivity contribution in [3.8, 4) is 0 Å². The van der Waals surface area contributed by atoms with Crippen molar-refractivity contribution in [2.75, 3.05) is 13.1 Å². The molecule has 2 saturated heterocycles. The van der Waals surface area contributed by atoms with Gasteiger partial charge in [0.05, 0.1) is 19.0 Å². The van der Waals surface area contributed by atoms with Crippen LogP contribution in [0.2, 0.25) is 0 Å². The summed E-state index contributed by atoms with van der Waals surface area (Å²) in [6, 6.07) is 12.3. The molecule has 4 rings (SSSR count). The lowest BCUT2D eigenvalue weighted by molar-refractivity contribution is -0.140. The van der Waals surface area contributed by atoms with Gasteiger partial charge >= 0.3 is 0 Å². The third kappa shape index (κ3) is 4.49. The topological polar surface area (TPSA) is 86.8 Å². The molecule has 0 radical (unpaired) electrons. The Morgan fingerprint density at radius 1 is 1.07 bits per heavy atom. The molecule has 9 heteroatoms. The third-order valence-corrected chi connectivity index (χ3v) is 8.69. The molecule has 1 aromatic heterocycles. The Hall–Kier alpha value is -2.07. The monoisotopic (exact) mass is 447 g/mol. The summed E-state index contributed by atoms with van der Waals surface area (Å²) < 4.78 is 28.2. The first kappa shape index (κ1) is 21.2. The molecule has 1 N–H and O–H groups in total. The van der Waals surface area contributed by atoms with Crippen molar-refractivity contribution in [2.45, 2.75) is 49.0 Å². The zero-order valence-corrected chi connectivity index (χ0v) is 18.4. The minimum Gasteiger partial charge on any atom is -0.291 e. The number of rotatable bonds is 6. The predicted octanol–water partition coefficient (Wildman–Crippen LogP) is 2.13. The Labute approximate surface area is 180 Å². The number of thiophene rings is 1. The molecule has 0 aliphatic carbocycles. The number of nitrogens with zero attached hydrogens (tertiary/aromatic N) is 2. The Morgan fingerprint density at radius 2 is 1.77 bits per heavy atom. The molecule has 1 aromatic carbocycles. The molecule has 0 unspecified atom stereocenters. The number of amides is 2. The number of imide groups is 1. The van der Waals surface area contributed by atoms with E-state index in [9.17, 15) is 18.0 Å². The van der Waals surface area contributed by atoms with Crippen LogP contribution in [0.25, 0.3) is 0 Å². The highest BCUT2D eigenvalue weighted by Gasteiger charge is 2.42. The molecule has 0 saturated carbocycles. The van der Waals surface area contributed by atoms with Crippen molar-refractivity contribution in [3.05, 3.63) is 52.9 Å². The number of carbonyl (C=O) groups excluding carboxylic acids is 2. The number of aryl methyl sites for hydroxylation is 1. The summed E-state index contributed by atoms with van der Waals surface area (Å²) in [5, 5.41) is 0. The van der Waals surface area contributed by atoms with E-state index in [1.807, 2.05) is 42.2 Å². The van der Waals surface area contributed by atoms with Gasteiger partial charge in [-0.1, -0.05) is 30.3 Å². The van der Waals surface area contributed by atoms with Crippen molar-refractivity contribution >= 4 is 33.2 Å². The highest BCUT2D eigenvalue weighted by atomic mass is 32.2. The molecular formula is C21H25N3O4S2. The van der Waals surface area contributed by atoms with Gasteiger partial charge in [-0.3, -0.25) is 19.4 Å². The number of nitrogens with one attached hydrogen (secondary N) is 1. The van der Waals surface area contributed by atoms with Crippen LogP contribution in [0.3, 0.4) is 0 Å². The van der Waals surface area contributed by atoms with Crippen molar-refractivity contribution in [3.63, 3.8) is 0 Å². The highest BCUT2D eigenvalue weighted by molar-refractivity contribution is 7.91. The van der Waals surface area contributed by atoms with Crippen LogP contribution in [0.4, 0.5) is 0 Å². The van der Waals surface area contributed by atoms with E-state index in [-0.39, 0.29) is 24.3 Å². The lowest BCUT2D eigenvalue weighted by atomic mass is 10.0. The fraction of sp³-hybridized carbons (Fsp3) is 0.429. The molecular weight excluding hydrogens is 422 g/mol. The van der Waals surface area contributed by atoms with Crippen molar-refractivity contribution in [1.29, 1.82) is 0 Å². The fourth-order valence-electron chi connectivity index (χ4n) is 4.05. The van der Waals surface area contributed by atoms with Crippen LogP contribution in [0, 0.1) is 6.92 Å². The van der Waals surface area contributed by atoms with Crippen molar-refractivity contribution in [1.82, 2.24) is 14.5 Å². The molecule has 3 heterocycles. The quantitative estimate of drug-likeness (QED) is 0.686. The van der Waals surface area contributed by atoms with Crippen LogP contribution in [0.15, 0.2) is 46.7 Å². The maximum Gasteiger partial charge on any atom is 0.250 e. The molecule has 2 aliphatic rings. The summed E-state index contributed by atoms with van der Waals surface area (Å²) in [4.78, 5) is 29.6. The van der Waals surface area contributed by atoms with Gasteiger partial charge in [0.2, 0.25) is 21.8 Å². The normalized spacial score (nSPS) is 21.5. The van der Waals surface area contributed by atoms with E-state index >= 15 is 0 Å². The Morgan fingerprint density at radius 3 is 2.40 bits per heavy atom.